The van der Waals surface area contributed by atoms with Gasteiger partial charge in [-0.2, -0.15) is 0 Å². The van der Waals surface area contributed by atoms with Crippen molar-refractivity contribution in [1.82, 2.24) is 9.88 Å². The zero-order valence-corrected chi connectivity index (χ0v) is 29.1. The third kappa shape index (κ3) is 5.94. The van der Waals surface area contributed by atoms with Crippen LogP contribution in [0.1, 0.15) is 51.6 Å². The minimum Gasteiger partial charge on any atom is -0.495 e. The van der Waals surface area contributed by atoms with E-state index < -0.39 is 10.0 Å². The molecule has 0 saturated carbocycles. The van der Waals surface area contributed by atoms with E-state index in [0.29, 0.717) is 23.0 Å². The van der Waals surface area contributed by atoms with Crippen LogP contribution in [0, 0.1) is 0 Å². The summed E-state index contributed by atoms with van der Waals surface area (Å²) in [6.45, 7) is 2.33. The Bertz CT molecular complexity index is 2290. The number of hydrogen-bond acceptors (Lipinski definition) is 4. The molecule has 0 bridgehead atoms. The number of hydrogen-bond donors (Lipinski definition) is 1. The number of aromatic amines is 1. The topological polar surface area (TPSA) is 82.7 Å². The largest absolute Gasteiger partial charge is 0.495 e. The highest BCUT2D eigenvalue weighted by molar-refractivity contribution is 7.93. The summed E-state index contributed by atoms with van der Waals surface area (Å²) >= 11 is 13.4. The number of nitrogens with one attached hydrogen (secondary N) is 1. The second kappa shape index (κ2) is 13.3. The standard InChI is InChI=1S/C39H33Cl2N3O4S/c1-25-38-37(29-15-7-9-17-33(29)42-38)30(28-14-6-8-16-31(28)40)24-43(25)39(45)27-20-21-32(41)36(22-27)49(46,47)44(23-26-12-4-3-5-13-26)34-18-10-11-19-35(34)48-2/h3-22,25,30,42H,23-24H2,1-2H3. The lowest BCUT2D eigenvalue weighted by atomic mass is 9.83. The first kappa shape index (κ1) is 32.8. The molecule has 7 rings (SSSR count). The van der Waals surface area contributed by atoms with Crippen LogP contribution in [0.5, 0.6) is 5.75 Å². The zero-order chi connectivity index (χ0) is 34.3. The highest BCUT2D eigenvalue weighted by atomic mass is 35.5. The maximum atomic E-state index is 14.6. The Balaban J connectivity index is 1.31. The molecule has 10 heteroatoms. The van der Waals surface area contributed by atoms with Crippen molar-refractivity contribution in [2.24, 2.45) is 0 Å². The van der Waals surface area contributed by atoms with E-state index in [2.05, 4.69) is 11.1 Å². The normalized spacial score (nSPS) is 16.0. The van der Waals surface area contributed by atoms with Crippen LogP contribution >= 0.6 is 23.2 Å². The SMILES string of the molecule is COc1ccccc1N(Cc1ccccc1)S(=O)(=O)c1cc(C(=O)N2CC(c3ccccc3Cl)c3c([nH]c4ccccc34)C2C)ccc1Cl. The molecule has 2 unspecified atom stereocenters. The zero-order valence-electron chi connectivity index (χ0n) is 26.8. The molecule has 49 heavy (non-hydrogen) atoms. The summed E-state index contributed by atoms with van der Waals surface area (Å²) in [4.78, 5) is 19.7. The fourth-order valence-corrected chi connectivity index (χ4v) is 9.00. The first-order valence-corrected chi connectivity index (χ1v) is 18.0. The summed E-state index contributed by atoms with van der Waals surface area (Å²) in [7, 11) is -2.82. The molecule has 2 heterocycles. The molecule has 1 N–H and O–H groups in total. The van der Waals surface area contributed by atoms with E-state index in [1.165, 1.54) is 23.5 Å². The molecule has 5 aromatic carbocycles. The predicted molar refractivity (Wildman–Crippen MR) is 195 cm³/mol. The molecule has 7 nitrogen and oxygen atoms in total. The number of sulfonamides is 1. The number of H-pyrrole nitrogens is 1. The van der Waals surface area contributed by atoms with Crippen LogP contribution in [0.2, 0.25) is 10.0 Å². The highest BCUT2D eigenvalue weighted by Crippen LogP contribution is 2.45. The highest BCUT2D eigenvalue weighted by Gasteiger charge is 2.39. The van der Waals surface area contributed by atoms with Crippen molar-refractivity contribution in [2.75, 3.05) is 18.0 Å². The van der Waals surface area contributed by atoms with Crippen LogP contribution in [0.3, 0.4) is 0 Å². The van der Waals surface area contributed by atoms with Crippen molar-refractivity contribution in [3.8, 4) is 5.75 Å². The van der Waals surface area contributed by atoms with Crippen molar-refractivity contribution in [1.29, 1.82) is 0 Å². The smallest absolute Gasteiger partial charge is 0.266 e. The van der Waals surface area contributed by atoms with Gasteiger partial charge in [0.2, 0.25) is 0 Å². The summed E-state index contributed by atoms with van der Waals surface area (Å²) < 4.78 is 36.1. The summed E-state index contributed by atoms with van der Waals surface area (Å²) in [5.41, 5.74) is 5.22. The Labute approximate surface area is 295 Å². The van der Waals surface area contributed by atoms with Crippen LogP contribution in [0.25, 0.3) is 10.9 Å². The number of aromatic nitrogens is 1. The third-order valence-corrected chi connectivity index (χ3v) is 11.8. The predicted octanol–water partition coefficient (Wildman–Crippen LogP) is 9.23. The van der Waals surface area contributed by atoms with Gasteiger partial charge in [0, 0.05) is 39.6 Å². The average Bonchev–Trinajstić information content (AvgIpc) is 3.52. The number of fused-ring (bicyclic) bond motifs is 3. The molecule has 1 aliphatic rings. The minimum absolute atomic E-state index is 0.00282. The van der Waals surface area contributed by atoms with E-state index in [9.17, 15) is 13.2 Å². The van der Waals surface area contributed by atoms with Crippen LogP contribution in [0.15, 0.2) is 126 Å². The minimum atomic E-state index is -4.31. The Morgan fingerprint density at radius 2 is 1.57 bits per heavy atom. The lowest BCUT2D eigenvalue weighted by Gasteiger charge is -2.39. The van der Waals surface area contributed by atoms with Gasteiger partial charge in [-0.25, -0.2) is 8.42 Å². The fraction of sp³-hybridized carbons (Fsp3) is 0.154. The van der Waals surface area contributed by atoms with E-state index in [-0.39, 0.29) is 39.9 Å². The number of anilines is 1. The third-order valence-electron chi connectivity index (χ3n) is 9.20. The maximum absolute atomic E-state index is 14.6. The number of ether oxygens (including phenoxy) is 1. The van der Waals surface area contributed by atoms with Crippen molar-refractivity contribution in [2.45, 2.75) is 30.3 Å². The van der Waals surface area contributed by atoms with Gasteiger partial charge in [0.15, 0.2) is 0 Å². The molecule has 6 aromatic rings. The second-order valence-corrected chi connectivity index (χ2v) is 14.7. The van der Waals surface area contributed by atoms with Gasteiger partial charge in [-0.15, -0.1) is 0 Å². The molecule has 2 atom stereocenters. The van der Waals surface area contributed by atoms with Gasteiger partial charge in [0.25, 0.3) is 15.9 Å². The van der Waals surface area contributed by atoms with E-state index >= 15 is 0 Å². The first-order valence-electron chi connectivity index (χ1n) is 15.8. The Morgan fingerprint density at radius 1 is 0.878 bits per heavy atom. The van der Waals surface area contributed by atoms with Gasteiger partial charge in [-0.05, 0) is 66.1 Å². The molecule has 0 saturated heterocycles. The van der Waals surface area contributed by atoms with Gasteiger partial charge in [-0.3, -0.25) is 9.10 Å². The number of nitrogens with zero attached hydrogens (tertiary/aromatic N) is 2. The summed E-state index contributed by atoms with van der Waals surface area (Å²) in [5, 5.41) is 1.69. The summed E-state index contributed by atoms with van der Waals surface area (Å²) in [5.74, 6) is -0.163. The van der Waals surface area contributed by atoms with Crippen LogP contribution in [0.4, 0.5) is 5.69 Å². The Kier molecular flexibility index (Phi) is 8.88. The van der Waals surface area contributed by atoms with Crippen LogP contribution < -0.4 is 9.04 Å². The first-order chi connectivity index (χ1) is 23.7. The molecular formula is C39H33Cl2N3O4S. The molecule has 1 aromatic heterocycles. The lowest BCUT2D eigenvalue weighted by Crippen LogP contribution is -2.41. The quantitative estimate of drug-likeness (QED) is 0.171. The van der Waals surface area contributed by atoms with Gasteiger partial charge in [0.1, 0.15) is 10.6 Å². The van der Waals surface area contributed by atoms with Crippen LogP contribution in [-0.2, 0) is 16.6 Å². The average molecular weight is 711 g/mol. The molecule has 0 spiro atoms. The van der Waals surface area contributed by atoms with Crippen molar-refractivity contribution in [3.05, 3.63) is 159 Å². The Morgan fingerprint density at radius 3 is 2.35 bits per heavy atom. The molecule has 1 aliphatic heterocycles. The van der Waals surface area contributed by atoms with Crippen molar-refractivity contribution in [3.63, 3.8) is 0 Å². The van der Waals surface area contributed by atoms with Gasteiger partial charge in [0.05, 0.1) is 30.4 Å². The molecule has 0 radical (unpaired) electrons. The number of rotatable bonds is 8. The molecule has 248 valence electrons. The van der Waals surface area contributed by atoms with E-state index in [1.807, 2.05) is 79.7 Å². The van der Waals surface area contributed by atoms with Crippen LogP contribution in [-0.4, -0.2) is 37.9 Å². The molecule has 0 fully saturated rings. The number of carbonyl (C=O) groups excluding carboxylic acids is 1. The van der Waals surface area contributed by atoms with Gasteiger partial charge < -0.3 is 14.6 Å². The number of methoxy groups -OCH3 is 1. The number of halogens is 2. The van der Waals surface area contributed by atoms with Crippen molar-refractivity contribution < 1.29 is 17.9 Å². The van der Waals surface area contributed by atoms with E-state index in [1.54, 1.807) is 35.2 Å². The number of benzene rings is 5. The number of para-hydroxylation sites is 3. The molecular weight excluding hydrogens is 677 g/mol. The molecule has 1 amide bonds. The fourth-order valence-electron chi connectivity index (χ4n) is 6.76. The molecule has 0 aliphatic carbocycles. The second-order valence-electron chi connectivity index (χ2n) is 12.0. The number of carbonyl (C=O) groups is 1. The van der Waals surface area contributed by atoms with Gasteiger partial charge in [-0.1, -0.05) is 102 Å². The van der Waals surface area contributed by atoms with Crippen molar-refractivity contribution >= 4 is 55.7 Å². The number of amides is 1. The lowest BCUT2D eigenvalue weighted by molar-refractivity contribution is 0.0662. The van der Waals surface area contributed by atoms with Gasteiger partial charge >= 0.3 is 0 Å². The van der Waals surface area contributed by atoms with E-state index in [4.69, 9.17) is 27.9 Å². The summed E-state index contributed by atoms with van der Waals surface area (Å²) in [6, 6.07) is 36.0. The maximum Gasteiger partial charge on any atom is 0.266 e. The van der Waals surface area contributed by atoms with E-state index in [0.717, 1.165) is 33.3 Å². The Hall–Kier alpha value is -4.76. The monoisotopic (exact) mass is 709 g/mol. The summed E-state index contributed by atoms with van der Waals surface area (Å²) in [6.07, 6.45) is 0.